The average Bonchev–Trinajstić information content (AvgIpc) is 3.31. The van der Waals surface area contributed by atoms with Crippen molar-refractivity contribution in [2.75, 3.05) is 0 Å². The van der Waals surface area contributed by atoms with Crippen LogP contribution in [0.15, 0.2) is 52.5 Å². The van der Waals surface area contributed by atoms with Crippen LogP contribution in [0.5, 0.6) is 0 Å². The zero-order chi connectivity index (χ0) is 20.1. The summed E-state index contributed by atoms with van der Waals surface area (Å²) >= 11 is 1.30. The van der Waals surface area contributed by atoms with Gasteiger partial charge in [-0.1, -0.05) is 12.1 Å². The maximum absolute atomic E-state index is 12.6. The van der Waals surface area contributed by atoms with E-state index in [9.17, 15) is 18.0 Å². The first-order valence-electron chi connectivity index (χ1n) is 8.75. The summed E-state index contributed by atoms with van der Waals surface area (Å²) < 4.78 is 43.2. The quantitative estimate of drug-likeness (QED) is 0.592. The molecule has 3 aromatic rings. The van der Waals surface area contributed by atoms with Gasteiger partial charge in [0, 0.05) is 23.4 Å². The molecule has 1 unspecified atom stereocenters. The van der Waals surface area contributed by atoms with Crippen LogP contribution in [0.2, 0.25) is 0 Å². The molecule has 148 valence electrons. The highest BCUT2D eigenvalue weighted by Gasteiger charge is 2.30. The lowest BCUT2D eigenvalue weighted by Gasteiger charge is -2.12. The van der Waals surface area contributed by atoms with Crippen LogP contribution in [0, 0.1) is 0 Å². The van der Waals surface area contributed by atoms with Gasteiger partial charge in [-0.05, 0) is 37.6 Å². The molecular formula is C20H19F3N2O2S. The summed E-state index contributed by atoms with van der Waals surface area (Å²) in [7, 11) is 0. The SMILES string of the molecule is CC(CCc1ccco1)NC(=O)Cc1csc(-c2ccc(C(F)(F)F)cc2)n1. The maximum atomic E-state index is 12.6. The number of carbonyl (C=O) groups excluding carboxylic acids is 1. The topological polar surface area (TPSA) is 55.1 Å². The Morgan fingerprint density at radius 1 is 1.25 bits per heavy atom. The first kappa shape index (κ1) is 20.1. The van der Waals surface area contributed by atoms with Crippen molar-refractivity contribution in [1.29, 1.82) is 0 Å². The fraction of sp³-hybridized carbons (Fsp3) is 0.300. The lowest BCUT2D eigenvalue weighted by atomic mass is 10.1. The van der Waals surface area contributed by atoms with E-state index in [1.54, 1.807) is 11.6 Å². The minimum absolute atomic E-state index is 0.00869. The second-order valence-electron chi connectivity index (χ2n) is 6.48. The van der Waals surface area contributed by atoms with Crippen molar-refractivity contribution >= 4 is 17.2 Å². The van der Waals surface area contributed by atoms with E-state index in [2.05, 4.69) is 10.3 Å². The van der Waals surface area contributed by atoms with E-state index in [1.807, 2.05) is 19.1 Å². The van der Waals surface area contributed by atoms with Crippen molar-refractivity contribution in [2.24, 2.45) is 0 Å². The van der Waals surface area contributed by atoms with Crippen LogP contribution in [-0.2, 0) is 23.8 Å². The molecular weight excluding hydrogens is 389 g/mol. The molecule has 3 rings (SSSR count). The first-order valence-corrected chi connectivity index (χ1v) is 9.63. The highest BCUT2D eigenvalue weighted by Crippen LogP contribution is 2.31. The molecule has 4 nitrogen and oxygen atoms in total. The number of halogens is 3. The van der Waals surface area contributed by atoms with E-state index in [-0.39, 0.29) is 18.4 Å². The van der Waals surface area contributed by atoms with E-state index in [1.165, 1.54) is 23.5 Å². The number of nitrogens with zero attached hydrogens (tertiary/aromatic N) is 1. The number of furan rings is 1. The Kier molecular flexibility index (Phi) is 6.18. The molecule has 1 amide bonds. The zero-order valence-electron chi connectivity index (χ0n) is 15.1. The van der Waals surface area contributed by atoms with Crippen LogP contribution in [0.3, 0.4) is 0 Å². The fourth-order valence-corrected chi connectivity index (χ4v) is 3.52. The monoisotopic (exact) mass is 408 g/mol. The minimum Gasteiger partial charge on any atom is -0.469 e. The smallest absolute Gasteiger partial charge is 0.416 e. The Hall–Kier alpha value is -2.61. The number of thiazole rings is 1. The number of aryl methyl sites for hydroxylation is 1. The average molecular weight is 408 g/mol. The molecule has 0 bridgehead atoms. The lowest BCUT2D eigenvalue weighted by molar-refractivity contribution is -0.137. The van der Waals surface area contributed by atoms with Gasteiger partial charge in [0.15, 0.2) is 0 Å². The third-order valence-corrected chi connectivity index (χ3v) is 5.10. The first-order chi connectivity index (χ1) is 13.3. The van der Waals surface area contributed by atoms with Crippen molar-refractivity contribution in [3.05, 3.63) is 65.1 Å². The van der Waals surface area contributed by atoms with Gasteiger partial charge in [0.1, 0.15) is 10.8 Å². The summed E-state index contributed by atoms with van der Waals surface area (Å²) in [6.45, 7) is 1.93. The predicted molar refractivity (Wildman–Crippen MR) is 101 cm³/mol. The van der Waals surface area contributed by atoms with Crippen molar-refractivity contribution in [2.45, 2.75) is 38.4 Å². The molecule has 1 N–H and O–H groups in total. The number of amides is 1. The van der Waals surface area contributed by atoms with Gasteiger partial charge in [-0.3, -0.25) is 4.79 Å². The van der Waals surface area contributed by atoms with Crippen molar-refractivity contribution in [3.63, 3.8) is 0 Å². The number of alkyl halides is 3. The van der Waals surface area contributed by atoms with E-state index >= 15 is 0 Å². The summed E-state index contributed by atoms with van der Waals surface area (Å²) in [5, 5.41) is 5.26. The summed E-state index contributed by atoms with van der Waals surface area (Å²) in [5.41, 5.74) is 0.489. The van der Waals surface area contributed by atoms with Gasteiger partial charge < -0.3 is 9.73 Å². The standard InChI is InChI=1S/C20H19F3N2O2S/c1-13(4-9-17-3-2-10-27-17)24-18(26)11-16-12-28-19(25-16)14-5-7-15(8-6-14)20(21,22)23/h2-3,5-8,10,12-13H,4,9,11H2,1H3,(H,24,26). The van der Waals surface area contributed by atoms with E-state index in [0.717, 1.165) is 30.7 Å². The molecule has 8 heteroatoms. The van der Waals surface area contributed by atoms with Crippen LogP contribution >= 0.6 is 11.3 Å². The van der Waals surface area contributed by atoms with E-state index in [4.69, 9.17) is 4.42 Å². The molecule has 1 aromatic carbocycles. The second kappa shape index (κ2) is 8.60. The van der Waals surface area contributed by atoms with Gasteiger partial charge in [0.05, 0.1) is 23.9 Å². The maximum Gasteiger partial charge on any atom is 0.416 e. The second-order valence-corrected chi connectivity index (χ2v) is 7.34. The molecule has 0 aliphatic carbocycles. The molecule has 0 spiro atoms. The summed E-state index contributed by atoms with van der Waals surface area (Å²) in [5.74, 6) is 0.734. The summed E-state index contributed by atoms with van der Waals surface area (Å²) in [6.07, 6.45) is -1.12. The Morgan fingerprint density at radius 2 is 2.00 bits per heavy atom. The molecule has 1 atom stereocenters. The zero-order valence-corrected chi connectivity index (χ0v) is 15.9. The summed E-state index contributed by atoms with van der Waals surface area (Å²) in [6, 6.07) is 8.56. The molecule has 28 heavy (non-hydrogen) atoms. The molecule has 0 saturated carbocycles. The van der Waals surface area contributed by atoms with Gasteiger partial charge >= 0.3 is 6.18 Å². The Balaban J connectivity index is 1.53. The van der Waals surface area contributed by atoms with Crippen molar-refractivity contribution < 1.29 is 22.4 Å². The van der Waals surface area contributed by atoms with Crippen LogP contribution < -0.4 is 5.32 Å². The number of nitrogens with one attached hydrogen (secondary N) is 1. The Labute approximate surface area is 164 Å². The van der Waals surface area contributed by atoms with Crippen molar-refractivity contribution in [3.8, 4) is 10.6 Å². The Morgan fingerprint density at radius 3 is 2.64 bits per heavy atom. The highest BCUT2D eigenvalue weighted by atomic mass is 32.1. The molecule has 2 aromatic heterocycles. The number of hydrogen-bond donors (Lipinski definition) is 1. The fourth-order valence-electron chi connectivity index (χ4n) is 2.70. The third kappa shape index (κ3) is 5.45. The lowest BCUT2D eigenvalue weighted by Crippen LogP contribution is -2.34. The van der Waals surface area contributed by atoms with Crippen LogP contribution in [0.25, 0.3) is 10.6 Å². The highest BCUT2D eigenvalue weighted by molar-refractivity contribution is 7.13. The van der Waals surface area contributed by atoms with Crippen LogP contribution in [-0.4, -0.2) is 16.9 Å². The van der Waals surface area contributed by atoms with Crippen molar-refractivity contribution in [1.82, 2.24) is 10.3 Å². The molecule has 0 aliphatic heterocycles. The minimum atomic E-state index is -4.36. The van der Waals surface area contributed by atoms with Gasteiger partial charge in [0.2, 0.25) is 5.91 Å². The predicted octanol–water partition coefficient (Wildman–Crippen LogP) is 5.10. The summed E-state index contributed by atoms with van der Waals surface area (Å²) in [4.78, 5) is 16.6. The molecule has 0 saturated heterocycles. The van der Waals surface area contributed by atoms with Gasteiger partial charge in [-0.15, -0.1) is 11.3 Å². The number of benzene rings is 1. The Bertz CT molecular complexity index is 902. The van der Waals surface area contributed by atoms with E-state index < -0.39 is 11.7 Å². The van der Waals surface area contributed by atoms with Crippen LogP contribution in [0.1, 0.15) is 30.4 Å². The molecule has 0 radical (unpaired) electrons. The van der Waals surface area contributed by atoms with Gasteiger partial charge in [-0.25, -0.2) is 4.98 Å². The van der Waals surface area contributed by atoms with Gasteiger partial charge in [0.25, 0.3) is 0 Å². The third-order valence-electron chi connectivity index (χ3n) is 4.16. The number of rotatable bonds is 7. The van der Waals surface area contributed by atoms with Gasteiger partial charge in [-0.2, -0.15) is 13.2 Å². The molecule has 0 fully saturated rings. The largest absolute Gasteiger partial charge is 0.469 e. The van der Waals surface area contributed by atoms with Crippen LogP contribution in [0.4, 0.5) is 13.2 Å². The van der Waals surface area contributed by atoms with E-state index in [0.29, 0.717) is 16.3 Å². The number of hydrogen-bond acceptors (Lipinski definition) is 4. The number of aromatic nitrogens is 1. The normalized spacial score (nSPS) is 12.7. The number of carbonyl (C=O) groups is 1. The molecule has 2 heterocycles. The molecule has 0 aliphatic rings.